The summed E-state index contributed by atoms with van der Waals surface area (Å²) in [6.07, 6.45) is 1.44. The van der Waals surface area contributed by atoms with E-state index >= 15 is 0 Å². The van der Waals surface area contributed by atoms with Crippen LogP contribution in [0.5, 0.6) is 11.5 Å². The number of hydrogen-bond acceptors (Lipinski definition) is 6. The molecule has 1 aliphatic rings. The van der Waals surface area contributed by atoms with Gasteiger partial charge in [0.2, 0.25) is 5.91 Å². The molecule has 0 N–H and O–H groups in total. The van der Waals surface area contributed by atoms with Gasteiger partial charge in [0.15, 0.2) is 11.5 Å². The lowest BCUT2D eigenvalue weighted by Crippen LogP contribution is -2.36. The second kappa shape index (κ2) is 11.6. The van der Waals surface area contributed by atoms with Crippen LogP contribution in [0.4, 0.5) is 5.69 Å². The fourth-order valence-corrected chi connectivity index (χ4v) is 6.06. The second-order valence-corrected chi connectivity index (χ2v) is 10.3. The van der Waals surface area contributed by atoms with Gasteiger partial charge in [-0.2, -0.15) is 5.26 Å². The van der Waals surface area contributed by atoms with E-state index in [2.05, 4.69) is 12.1 Å². The number of para-hydroxylation sites is 2. The maximum Gasteiger partial charge on any atom is 0.240 e. The largest absolute Gasteiger partial charge is 0.493 e. The van der Waals surface area contributed by atoms with Gasteiger partial charge in [-0.25, -0.2) is 4.98 Å². The van der Waals surface area contributed by atoms with E-state index < -0.39 is 5.25 Å². The Kier molecular flexibility index (Phi) is 7.85. The molecule has 196 valence electrons. The molecule has 0 spiro atoms. The Morgan fingerprint density at radius 3 is 2.51 bits per heavy atom. The summed E-state index contributed by atoms with van der Waals surface area (Å²) in [6, 6.07) is 27.8. The number of rotatable bonds is 8. The highest BCUT2D eigenvalue weighted by Gasteiger charge is 2.31. The summed E-state index contributed by atoms with van der Waals surface area (Å²) in [5.74, 6) is 1.14. The van der Waals surface area contributed by atoms with E-state index in [-0.39, 0.29) is 5.91 Å². The van der Waals surface area contributed by atoms with Crippen LogP contribution < -0.4 is 14.4 Å². The first-order chi connectivity index (χ1) is 19.1. The minimum atomic E-state index is -0.401. The number of thioether (sulfide) groups is 1. The number of carbonyl (C=O) groups excluding carboxylic acids is 1. The molecule has 1 aliphatic heterocycles. The van der Waals surface area contributed by atoms with Gasteiger partial charge in [0, 0.05) is 28.9 Å². The molecule has 0 fully saturated rings. The minimum Gasteiger partial charge on any atom is -0.493 e. The Labute approximate surface area is 233 Å². The summed E-state index contributed by atoms with van der Waals surface area (Å²) in [7, 11) is 3.17. The van der Waals surface area contributed by atoms with Crippen molar-refractivity contribution in [2.45, 2.75) is 30.0 Å². The molecule has 39 heavy (non-hydrogen) atoms. The molecule has 4 aromatic rings. The first kappa shape index (κ1) is 26.3. The van der Waals surface area contributed by atoms with Crippen LogP contribution in [0.15, 0.2) is 83.9 Å². The van der Waals surface area contributed by atoms with E-state index in [1.165, 1.54) is 17.3 Å². The summed E-state index contributed by atoms with van der Waals surface area (Å²) in [6.45, 7) is 2.65. The molecule has 1 atom stereocenters. The number of ether oxygens (including phenoxy) is 2. The quantitative estimate of drug-likeness (QED) is 0.232. The monoisotopic (exact) mass is 535 g/mol. The van der Waals surface area contributed by atoms with Crippen molar-refractivity contribution in [3.8, 4) is 40.0 Å². The molecule has 0 saturated heterocycles. The zero-order valence-corrected chi connectivity index (χ0v) is 23.0. The van der Waals surface area contributed by atoms with E-state index in [1.54, 1.807) is 14.2 Å². The zero-order chi connectivity index (χ0) is 27.4. The number of nitriles is 1. The average molecular weight is 536 g/mol. The number of fused-ring (bicyclic) bond motifs is 1. The van der Waals surface area contributed by atoms with Crippen molar-refractivity contribution < 1.29 is 14.3 Å². The standard InChI is InChI=1S/C32H29N3O3S/c1-4-29(32(36)35-18-17-22-13-8-9-15-27(22)35)39-31-25(20-33)24(19-26(34-31)21-11-6-5-7-12-21)23-14-10-16-28(37-2)30(23)38-3/h5-16,19,29H,4,17-18H2,1-3H3. The van der Waals surface area contributed by atoms with Crippen molar-refractivity contribution in [2.24, 2.45) is 0 Å². The maximum atomic E-state index is 13.8. The van der Waals surface area contributed by atoms with E-state index in [9.17, 15) is 10.1 Å². The molecule has 0 saturated carbocycles. The third-order valence-corrected chi connectivity index (χ3v) is 8.25. The molecule has 3 aromatic carbocycles. The van der Waals surface area contributed by atoms with Crippen molar-refractivity contribution in [3.63, 3.8) is 0 Å². The highest BCUT2D eigenvalue weighted by Crippen LogP contribution is 2.43. The summed E-state index contributed by atoms with van der Waals surface area (Å²) in [5.41, 5.74) is 5.58. The maximum absolute atomic E-state index is 13.8. The molecule has 5 rings (SSSR count). The smallest absolute Gasteiger partial charge is 0.240 e. The molecule has 0 radical (unpaired) electrons. The summed E-state index contributed by atoms with van der Waals surface area (Å²) >= 11 is 1.35. The third kappa shape index (κ3) is 5.08. The Balaban J connectivity index is 1.62. The number of aromatic nitrogens is 1. The molecule has 7 heteroatoms. The predicted octanol–water partition coefficient (Wildman–Crippen LogP) is 6.76. The van der Waals surface area contributed by atoms with Gasteiger partial charge in [-0.1, -0.05) is 79.3 Å². The first-order valence-electron chi connectivity index (χ1n) is 12.9. The Morgan fingerprint density at radius 2 is 1.79 bits per heavy atom. The molecule has 1 aromatic heterocycles. The fourth-order valence-electron chi connectivity index (χ4n) is 4.97. The van der Waals surface area contributed by atoms with Crippen molar-refractivity contribution in [2.75, 3.05) is 25.7 Å². The van der Waals surface area contributed by atoms with E-state index in [0.717, 1.165) is 23.2 Å². The van der Waals surface area contributed by atoms with Gasteiger partial charge >= 0.3 is 0 Å². The predicted molar refractivity (Wildman–Crippen MR) is 155 cm³/mol. The van der Waals surface area contributed by atoms with Crippen LogP contribution in [0.25, 0.3) is 22.4 Å². The molecule has 0 aliphatic carbocycles. The molecular formula is C32H29N3O3S. The van der Waals surface area contributed by atoms with Gasteiger partial charge in [0.1, 0.15) is 11.1 Å². The summed E-state index contributed by atoms with van der Waals surface area (Å²) in [4.78, 5) is 20.6. The molecule has 2 heterocycles. The number of hydrogen-bond donors (Lipinski definition) is 0. The number of methoxy groups -OCH3 is 2. The van der Waals surface area contributed by atoms with Crippen molar-refractivity contribution >= 4 is 23.4 Å². The molecule has 1 amide bonds. The van der Waals surface area contributed by atoms with Gasteiger partial charge in [0.05, 0.1) is 30.7 Å². The molecular weight excluding hydrogens is 506 g/mol. The minimum absolute atomic E-state index is 0.0313. The number of benzene rings is 3. The number of anilines is 1. The fraction of sp³-hybridized carbons (Fsp3) is 0.219. The van der Waals surface area contributed by atoms with Crippen molar-refractivity contribution in [3.05, 3.63) is 90.0 Å². The Bertz CT molecular complexity index is 1550. The van der Waals surface area contributed by atoms with Crippen LogP contribution in [-0.4, -0.2) is 36.9 Å². The second-order valence-electron chi connectivity index (χ2n) is 9.14. The average Bonchev–Trinajstić information content (AvgIpc) is 3.43. The molecule has 0 bridgehead atoms. The van der Waals surface area contributed by atoms with Gasteiger partial charge in [-0.3, -0.25) is 4.79 Å². The summed E-state index contributed by atoms with van der Waals surface area (Å²) in [5, 5.41) is 10.5. The lowest BCUT2D eigenvalue weighted by molar-refractivity contribution is -0.118. The van der Waals surface area contributed by atoms with Crippen LogP contribution in [-0.2, 0) is 11.2 Å². The van der Waals surface area contributed by atoms with E-state index in [1.807, 2.05) is 84.6 Å². The van der Waals surface area contributed by atoms with Crippen LogP contribution >= 0.6 is 11.8 Å². The summed E-state index contributed by atoms with van der Waals surface area (Å²) < 4.78 is 11.3. The zero-order valence-electron chi connectivity index (χ0n) is 22.2. The van der Waals surface area contributed by atoms with E-state index in [4.69, 9.17) is 14.5 Å². The van der Waals surface area contributed by atoms with Crippen LogP contribution in [0.3, 0.4) is 0 Å². The first-order valence-corrected chi connectivity index (χ1v) is 13.7. The Morgan fingerprint density at radius 1 is 1.03 bits per heavy atom. The van der Waals surface area contributed by atoms with Crippen molar-refractivity contribution in [1.82, 2.24) is 4.98 Å². The topological polar surface area (TPSA) is 75.5 Å². The van der Waals surface area contributed by atoms with Gasteiger partial charge < -0.3 is 14.4 Å². The van der Waals surface area contributed by atoms with Crippen LogP contribution in [0.2, 0.25) is 0 Å². The SMILES string of the molecule is CCC(Sc1nc(-c2ccccc2)cc(-c2cccc(OC)c2OC)c1C#N)C(=O)N1CCc2ccccc21. The number of amides is 1. The van der Waals surface area contributed by atoms with Crippen LogP contribution in [0, 0.1) is 11.3 Å². The van der Waals surface area contributed by atoms with Gasteiger partial charge in [0.25, 0.3) is 0 Å². The highest BCUT2D eigenvalue weighted by molar-refractivity contribution is 8.00. The molecule has 6 nitrogen and oxygen atoms in total. The highest BCUT2D eigenvalue weighted by atomic mass is 32.2. The number of nitrogens with zero attached hydrogens (tertiary/aromatic N) is 3. The van der Waals surface area contributed by atoms with E-state index in [0.29, 0.717) is 46.3 Å². The van der Waals surface area contributed by atoms with Gasteiger partial charge in [-0.15, -0.1) is 0 Å². The normalized spacial score (nSPS) is 12.9. The van der Waals surface area contributed by atoms with Crippen molar-refractivity contribution in [1.29, 1.82) is 5.26 Å². The third-order valence-electron chi connectivity index (χ3n) is 6.91. The Hall–Kier alpha value is -4.28. The number of carbonyl (C=O) groups is 1. The number of pyridine rings is 1. The molecule has 1 unspecified atom stereocenters. The lowest BCUT2D eigenvalue weighted by atomic mass is 9.98. The lowest BCUT2D eigenvalue weighted by Gasteiger charge is -2.23. The van der Waals surface area contributed by atoms with Crippen LogP contribution in [0.1, 0.15) is 24.5 Å². The van der Waals surface area contributed by atoms with Gasteiger partial charge in [-0.05, 0) is 36.6 Å².